The summed E-state index contributed by atoms with van der Waals surface area (Å²) in [6, 6.07) is 0. The van der Waals surface area contributed by atoms with E-state index in [2.05, 4.69) is 21.4 Å². The third-order valence-electron chi connectivity index (χ3n) is 1.95. The van der Waals surface area contributed by atoms with Crippen molar-refractivity contribution in [3.05, 3.63) is 11.6 Å². The maximum absolute atomic E-state index is 11.3. The maximum atomic E-state index is 11.3. The Morgan fingerprint density at radius 2 is 1.88 bits per heavy atom. The molecule has 0 unspecified atom stereocenters. The van der Waals surface area contributed by atoms with Gasteiger partial charge in [-0.05, 0) is 12.8 Å². The Morgan fingerprint density at radius 3 is 2.38 bits per heavy atom. The van der Waals surface area contributed by atoms with Crippen molar-refractivity contribution in [2.45, 2.75) is 32.6 Å². The standard InChI is InChI=1S/C11H18O5/c1-4-5-6-7-9(11(13)14-2)8-10(12)16-15-3/h8H,4-7H2,1-3H3/b9-8-. The van der Waals surface area contributed by atoms with Crippen molar-refractivity contribution in [3.8, 4) is 0 Å². The highest BCUT2D eigenvalue weighted by atomic mass is 17.2. The van der Waals surface area contributed by atoms with Crippen molar-refractivity contribution in [3.63, 3.8) is 0 Å². The third-order valence-corrected chi connectivity index (χ3v) is 1.95. The van der Waals surface area contributed by atoms with E-state index in [4.69, 9.17) is 0 Å². The van der Waals surface area contributed by atoms with Crippen molar-refractivity contribution in [1.82, 2.24) is 0 Å². The summed E-state index contributed by atoms with van der Waals surface area (Å²) in [4.78, 5) is 30.8. The number of methoxy groups -OCH3 is 1. The lowest BCUT2D eigenvalue weighted by Gasteiger charge is -2.04. The Labute approximate surface area is 95.3 Å². The summed E-state index contributed by atoms with van der Waals surface area (Å²) in [6.07, 6.45) is 4.46. The van der Waals surface area contributed by atoms with Crippen LogP contribution in [0.3, 0.4) is 0 Å². The van der Waals surface area contributed by atoms with E-state index < -0.39 is 11.9 Å². The van der Waals surface area contributed by atoms with Gasteiger partial charge in [0.1, 0.15) is 0 Å². The molecule has 0 aliphatic rings. The summed E-state index contributed by atoms with van der Waals surface area (Å²) >= 11 is 0. The highest BCUT2D eigenvalue weighted by Gasteiger charge is 2.12. The van der Waals surface area contributed by atoms with Gasteiger partial charge in [-0.25, -0.2) is 9.59 Å². The van der Waals surface area contributed by atoms with Gasteiger partial charge in [0.05, 0.1) is 14.2 Å². The molecule has 0 bridgehead atoms. The molecular weight excluding hydrogens is 212 g/mol. The van der Waals surface area contributed by atoms with E-state index in [1.807, 2.05) is 0 Å². The van der Waals surface area contributed by atoms with Crippen LogP contribution in [0.15, 0.2) is 11.6 Å². The number of rotatable bonds is 7. The second-order valence-electron chi connectivity index (χ2n) is 3.19. The number of ether oxygens (including phenoxy) is 1. The van der Waals surface area contributed by atoms with Gasteiger partial charge in [0.25, 0.3) is 0 Å². The summed E-state index contributed by atoms with van der Waals surface area (Å²) in [6.45, 7) is 2.06. The van der Waals surface area contributed by atoms with E-state index >= 15 is 0 Å². The van der Waals surface area contributed by atoms with Crippen molar-refractivity contribution >= 4 is 11.9 Å². The lowest BCUT2D eigenvalue weighted by Crippen LogP contribution is -2.09. The van der Waals surface area contributed by atoms with E-state index in [0.717, 1.165) is 25.3 Å². The molecule has 0 aromatic rings. The molecule has 0 heterocycles. The van der Waals surface area contributed by atoms with Crippen LogP contribution in [0.25, 0.3) is 0 Å². The molecule has 0 aliphatic heterocycles. The predicted octanol–water partition coefficient (Wildman–Crippen LogP) is 1.77. The van der Waals surface area contributed by atoms with E-state index in [-0.39, 0.29) is 0 Å². The highest BCUT2D eigenvalue weighted by molar-refractivity contribution is 5.96. The molecule has 0 rings (SSSR count). The van der Waals surface area contributed by atoms with Crippen molar-refractivity contribution in [2.24, 2.45) is 0 Å². The van der Waals surface area contributed by atoms with Crippen LogP contribution in [0.1, 0.15) is 32.6 Å². The Bertz CT molecular complexity index is 257. The molecule has 0 spiro atoms. The number of carbonyl (C=O) groups is 2. The summed E-state index contributed by atoms with van der Waals surface area (Å²) in [7, 11) is 2.50. The number of carbonyl (C=O) groups excluding carboxylic acids is 2. The molecule has 92 valence electrons. The van der Waals surface area contributed by atoms with Gasteiger partial charge in [-0.3, -0.25) is 4.89 Å². The highest BCUT2D eigenvalue weighted by Crippen LogP contribution is 2.10. The molecule has 0 aromatic carbocycles. The lowest BCUT2D eigenvalue weighted by molar-refractivity contribution is -0.249. The predicted molar refractivity (Wildman–Crippen MR) is 57.3 cm³/mol. The Kier molecular flexibility index (Phi) is 8.15. The molecule has 0 fully saturated rings. The summed E-state index contributed by atoms with van der Waals surface area (Å²) in [5.41, 5.74) is 0.304. The van der Waals surface area contributed by atoms with Crippen LogP contribution in [0.5, 0.6) is 0 Å². The minimum atomic E-state index is -0.709. The Morgan fingerprint density at radius 1 is 1.19 bits per heavy atom. The normalized spacial score (nSPS) is 11.1. The van der Waals surface area contributed by atoms with E-state index in [1.165, 1.54) is 14.2 Å². The second-order valence-corrected chi connectivity index (χ2v) is 3.19. The van der Waals surface area contributed by atoms with Crippen molar-refractivity contribution < 1.29 is 24.1 Å². The fourth-order valence-electron chi connectivity index (χ4n) is 1.18. The van der Waals surface area contributed by atoms with Crippen LogP contribution in [0.4, 0.5) is 0 Å². The molecular formula is C11H18O5. The zero-order chi connectivity index (χ0) is 12.4. The Hall–Kier alpha value is -1.36. The summed E-state index contributed by atoms with van der Waals surface area (Å²) in [5, 5.41) is 0. The van der Waals surface area contributed by atoms with Crippen LogP contribution < -0.4 is 0 Å². The quantitative estimate of drug-likeness (QED) is 0.219. The fourth-order valence-corrected chi connectivity index (χ4v) is 1.18. The van der Waals surface area contributed by atoms with E-state index in [9.17, 15) is 9.59 Å². The largest absolute Gasteiger partial charge is 0.466 e. The lowest BCUT2D eigenvalue weighted by atomic mass is 10.1. The molecule has 0 aliphatic carbocycles. The fraction of sp³-hybridized carbons (Fsp3) is 0.636. The maximum Gasteiger partial charge on any atom is 0.366 e. The van der Waals surface area contributed by atoms with Gasteiger partial charge >= 0.3 is 11.9 Å². The van der Waals surface area contributed by atoms with Gasteiger partial charge in [-0.15, -0.1) is 0 Å². The molecule has 16 heavy (non-hydrogen) atoms. The monoisotopic (exact) mass is 230 g/mol. The molecule has 5 nitrogen and oxygen atoms in total. The average Bonchev–Trinajstić information content (AvgIpc) is 2.27. The van der Waals surface area contributed by atoms with Gasteiger partial charge in [0, 0.05) is 11.6 Å². The first-order valence-electron chi connectivity index (χ1n) is 5.19. The minimum Gasteiger partial charge on any atom is -0.466 e. The molecule has 0 radical (unpaired) electrons. The number of unbranched alkanes of at least 4 members (excludes halogenated alkanes) is 2. The molecule has 0 atom stereocenters. The molecule has 0 aromatic heterocycles. The first-order valence-corrected chi connectivity index (χ1v) is 5.19. The number of hydrogen-bond donors (Lipinski definition) is 0. The van der Waals surface area contributed by atoms with E-state index in [0.29, 0.717) is 12.0 Å². The first kappa shape index (κ1) is 14.6. The average molecular weight is 230 g/mol. The second kappa shape index (κ2) is 8.91. The van der Waals surface area contributed by atoms with Gasteiger partial charge in [-0.2, -0.15) is 4.89 Å². The zero-order valence-corrected chi connectivity index (χ0v) is 9.95. The number of esters is 1. The van der Waals surface area contributed by atoms with Crippen LogP contribution in [-0.4, -0.2) is 26.2 Å². The smallest absolute Gasteiger partial charge is 0.366 e. The molecule has 0 amide bonds. The van der Waals surface area contributed by atoms with Gasteiger partial charge in [0.2, 0.25) is 0 Å². The topological polar surface area (TPSA) is 61.8 Å². The Balaban J connectivity index is 4.40. The third kappa shape index (κ3) is 6.19. The van der Waals surface area contributed by atoms with Crippen LogP contribution in [-0.2, 0) is 24.1 Å². The summed E-state index contributed by atoms with van der Waals surface area (Å²) < 4.78 is 4.57. The van der Waals surface area contributed by atoms with Gasteiger partial charge in [0.15, 0.2) is 0 Å². The molecule has 0 saturated heterocycles. The van der Waals surface area contributed by atoms with E-state index in [1.54, 1.807) is 0 Å². The first-order chi connectivity index (χ1) is 7.65. The zero-order valence-electron chi connectivity index (χ0n) is 9.95. The SMILES string of the molecule is CCCCC/C(=C/C(=O)OOC)C(=O)OC. The van der Waals surface area contributed by atoms with Crippen molar-refractivity contribution in [1.29, 1.82) is 0 Å². The van der Waals surface area contributed by atoms with Gasteiger partial charge < -0.3 is 4.74 Å². The molecule has 0 saturated carbocycles. The van der Waals surface area contributed by atoms with Crippen molar-refractivity contribution in [2.75, 3.05) is 14.2 Å². The summed E-state index contributed by atoms with van der Waals surface area (Å²) in [5.74, 6) is -1.22. The van der Waals surface area contributed by atoms with Crippen LogP contribution in [0, 0.1) is 0 Å². The van der Waals surface area contributed by atoms with Crippen LogP contribution >= 0.6 is 0 Å². The van der Waals surface area contributed by atoms with Crippen LogP contribution in [0.2, 0.25) is 0 Å². The number of hydrogen-bond acceptors (Lipinski definition) is 5. The molecule has 0 N–H and O–H groups in total. The van der Waals surface area contributed by atoms with Gasteiger partial charge in [-0.1, -0.05) is 19.8 Å². The minimum absolute atomic E-state index is 0.304. The molecule has 5 heteroatoms.